The van der Waals surface area contributed by atoms with E-state index in [1.54, 1.807) is 13.8 Å². The number of rotatable bonds is 5. The van der Waals surface area contributed by atoms with E-state index in [1.807, 2.05) is 18.9 Å². The predicted molar refractivity (Wildman–Crippen MR) is 59.8 cm³/mol. The van der Waals surface area contributed by atoms with Crippen molar-refractivity contribution in [2.24, 2.45) is 5.73 Å². The standard InChI is InChI=1S/C9H20N2OS/c1-7(8(10)13)11(4)6-5-9(2,3)12/h7,12H,5-6H2,1-4H3,(H2,10,13). The summed E-state index contributed by atoms with van der Waals surface area (Å²) in [6, 6.07) is 0.0948. The van der Waals surface area contributed by atoms with Gasteiger partial charge in [-0.3, -0.25) is 4.90 Å². The Labute approximate surface area is 85.9 Å². The van der Waals surface area contributed by atoms with E-state index in [-0.39, 0.29) is 6.04 Å². The van der Waals surface area contributed by atoms with Crippen LogP contribution in [0.15, 0.2) is 0 Å². The zero-order chi connectivity index (χ0) is 10.6. The molecule has 0 heterocycles. The van der Waals surface area contributed by atoms with Crippen LogP contribution in [-0.2, 0) is 0 Å². The van der Waals surface area contributed by atoms with Crippen LogP contribution in [0.25, 0.3) is 0 Å². The summed E-state index contributed by atoms with van der Waals surface area (Å²) in [5.74, 6) is 0. The summed E-state index contributed by atoms with van der Waals surface area (Å²) < 4.78 is 0. The Morgan fingerprint density at radius 1 is 1.62 bits per heavy atom. The van der Waals surface area contributed by atoms with Crippen LogP contribution >= 0.6 is 12.2 Å². The van der Waals surface area contributed by atoms with E-state index in [0.717, 1.165) is 13.0 Å². The van der Waals surface area contributed by atoms with Crippen molar-refractivity contribution in [1.29, 1.82) is 0 Å². The zero-order valence-electron chi connectivity index (χ0n) is 8.87. The Morgan fingerprint density at radius 3 is 2.38 bits per heavy atom. The molecule has 0 spiro atoms. The van der Waals surface area contributed by atoms with Crippen molar-refractivity contribution in [3.63, 3.8) is 0 Å². The van der Waals surface area contributed by atoms with Crippen LogP contribution in [0, 0.1) is 0 Å². The molecule has 3 N–H and O–H groups in total. The predicted octanol–water partition coefficient (Wildman–Crippen LogP) is 0.754. The first-order valence-electron chi connectivity index (χ1n) is 4.46. The third-order valence-corrected chi connectivity index (χ3v) is 2.49. The second kappa shape index (κ2) is 4.88. The van der Waals surface area contributed by atoms with Gasteiger partial charge in [0.15, 0.2) is 0 Å². The van der Waals surface area contributed by atoms with Gasteiger partial charge >= 0.3 is 0 Å². The van der Waals surface area contributed by atoms with Gasteiger partial charge in [-0.15, -0.1) is 0 Å². The average Bonchev–Trinajstić information content (AvgIpc) is 1.97. The van der Waals surface area contributed by atoms with Crippen LogP contribution in [0.3, 0.4) is 0 Å². The van der Waals surface area contributed by atoms with Gasteiger partial charge in [0.2, 0.25) is 0 Å². The van der Waals surface area contributed by atoms with E-state index in [4.69, 9.17) is 18.0 Å². The molecule has 1 unspecified atom stereocenters. The van der Waals surface area contributed by atoms with Crippen LogP contribution in [0.2, 0.25) is 0 Å². The number of hydrogen-bond donors (Lipinski definition) is 2. The molecule has 0 aromatic rings. The van der Waals surface area contributed by atoms with E-state index in [1.165, 1.54) is 0 Å². The number of nitrogens with two attached hydrogens (primary N) is 1. The highest BCUT2D eigenvalue weighted by Crippen LogP contribution is 2.09. The first-order valence-corrected chi connectivity index (χ1v) is 4.87. The van der Waals surface area contributed by atoms with Crippen molar-refractivity contribution in [3.8, 4) is 0 Å². The molecule has 0 aromatic carbocycles. The number of thiocarbonyl (C=S) groups is 1. The van der Waals surface area contributed by atoms with Crippen molar-refractivity contribution in [2.75, 3.05) is 13.6 Å². The maximum absolute atomic E-state index is 9.50. The molecule has 0 bridgehead atoms. The average molecular weight is 204 g/mol. The van der Waals surface area contributed by atoms with Gasteiger partial charge in [0.25, 0.3) is 0 Å². The van der Waals surface area contributed by atoms with Gasteiger partial charge in [-0.05, 0) is 34.2 Å². The minimum Gasteiger partial charge on any atom is -0.392 e. The van der Waals surface area contributed by atoms with Crippen LogP contribution in [0.1, 0.15) is 27.2 Å². The van der Waals surface area contributed by atoms with Crippen molar-refractivity contribution in [1.82, 2.24) is 4.90 Å². The summed E-state index contributed by atoms with van der Waals surface area (Å²) >= 11 is 4.88. The SMILES string of the molecule is CC(C(N)=S)N(C)CCC(C)(C)O. The Balaban J connectivity index is 3.88. The van der Waals surface area contributed by atoms with E-state index in [9.17, 15) is 5.11 Å². The lowest BCUT2D eigenvalue weighted by Crippen LogP contribution is -2.41. The van der Waals surface area contributed by atoms with Crippen LogP contribution in [0.4, 0.5) is 0 Å². The minimum atomic E-state index is -0.621. The molecule has 0 saturated carbocycles. The lowest BCUT2D eigenvalue weighted by atomic mass is 10.1. The van der Waals surface area contributed by atoms with Gasteiger partial charge in [0.1, 0.15) is 0 Å². The molecule has 0 rings (SSSR count). The molecule has 0 aromatic heterocycles. The fourth-order valence-corrected chi connectivity index (χ4v) is 1.04. The van der Waals surface area contributed by atoms with Crippen molar-refractivity contribution < 1.29 is 5.11 Å². The molecule has 3 nitrogen and oxygen atoms in total. The molecular weight excluding hydrogens is 184 g/mol. The lowest BCUT2D eigenvalue weighted by Gasteiger charge is -2.26. The molecule has 4 heteroatoms. The van der Waals surface area contributed by atoms with Gasteiger partial charge < -0.3 is 10.8 Å². The largest absolute Gasteiger partial charge is 0.392 e. The molecule has 1 atom stereocenters. The van der Waals surface area contributed by atoms with E-state index < -0.39 is 5.60 Å². The lowest BCUT2D eigenvalue weighted by molar-refractivity contribution is 0.0595. The van der Waals surface area contributed by atoms with Gasteiger partial charge in [-0.25, -0.2) is 0 Å². The number of aliphatic hydroxyl groups is 1. The van der Waals surface area contributed by atoms with Crippen molar-refractivity contribution >= 4 is 17.2 Å². The second-order valence-corrected chi connectivity index (χ2v) is 4.59. The Kier molecular flexibility index (Phi) is 4.81. The summed E-state index contributed by atoms with van der Waals surface area (Å²) in [5.41, 5.74) is 4.88. The molecule has 13 heavy (non-hydrogen) atoms. The highest BCUT2D eigenvalue weighted by Gasteiger charge is 2.16. The minimum absolute atomic E-state index is 0.0948. The number of nitrogens with zero attached hydrogens (tertiary/aromatic N) is 1. The molecule has 78 valence electrons. The first kappa shape index (κ1) is 12.8. The second-order valence-electron chi connectivity index (χ2n) is 4.12. The zero-order valence-corrected chi connectivity index (χ0v) is 9.69. The van der Waals surface area contributed by atoms with Crippen LogP contribution < -0.4 is 5.73 Å². The Hall–Kier alpha value is -0.190. The van der Waals surface area contributed by atoms with E-state index in [2.05, 4.69) is 0 Å². The first-order chi connectivity index (χ1) is 5.74. The third kappa shape index (κ3) is 5.96. The molecule has 0 aliphatic carbocycles. The molecule has 0 aliphatic rings. The quantitative estimate of drug-likeness (QED) is 0.649. The third-order valence-electron chi connectivity index (χ3n) is 2.15. The van der Waals surface area contributed by atoms with Gasteiger partial charge in [-0.1, -0.05) is 12.2 Å². The Bertz CT molecular complexity index is 177. The molecule has 0 amide bonds. The summed E-state index contributed by atoms with van der Waals surface area (Å²) in [4.78, 5) is 2.54. The van der Waals surface area contributed by atoms with E-state index in [0.29, 0.717) is 4.99 Å². The van der Waals surface area contributed by atoms with Crippen molar-refractivity contribution in [2.45, 2.75) is 38.8 Å². The van der Waals surface area contributed by atoms with Crippen LogP contribution in [-0.4, -0.2) is 40.2 Å². The summed E-state index contributed by atoms with van der Waals surface area (Å²) in [6.07, 6.45) is 0.719. The fourth-order valence-electron chi connectivity index (χ4n) is 0.861. The molecule has 0 fully saturated rings. The summed E-state index contributed by atoms with van der Waals surface area (Å²) in [6.45, 7) is 6.35. The maximum Gasteiger partial charge on any atom is 0.0899 e. The smallest absolute Gasteiger partial charge is 0.0899 e. The fraction of sp³-hybridized carbons (Fsp3) is 0.889. The monoisotopic (exact) mass is 204 g/mol. The van der Waals surface area contributed by atoms with Crippen LogP contribution in [0.5, 0.6) is 0 Å². The Morgan fingerprint density at radius 2 is 2.08 bits per heavy atom. The summed E-state index contributed by atoms with van der Waals surface area (Å²) in [7, 11) is 1.95. The highest BCUT2D eigenvalue weighted by molar-refractivity contribution is 7.80. The van der Waals surface area contributed by atoms with Gasteiger partial charge in [-0.2, -0.15) is 0 Å². The normalized spacial score (nSPS) is 14.6. The molecule has 0 radical (unpaired) electrons. The summed E-state index contributed by atoms with van der Waals surface area (Å²) in [5, 5.41) is 9.50. The number of hydrogen-bond acceptors (Lipinski definition) is 3. The highest BCUT2D eigenvalue weighted by atomic mass is 32.1. The topological polar surface area (TPSA) is 49.5 Å². The van der Waals surface area contributed by atoms with Crippen molar-refractivity contribution in [3.05, 3.63) is 0 Å². The van der Waals surface area contributed by atoms with E-state index >= 15 is 0 Å². The van der Waals surface area contributed by atoms with Gasteiger partial charge in [0.05, 0.1) is 16.6 Å². The molecule has 0 aliphatic heterocycles. The molecule has 0 saturated heterocycles. The molecular formula is C9H20N2OS. The number of likely N-dealkylation sites (N-methyl/N-ethyl adjacent to an activating group) is 1. The maximum atomic E-state index is 9.50. The van der Waals surface area contributed by atoms with Gasteiger partial charge in [0, 0.05) is 6.54 Å².